The molecule has 1 atom stereocenters. The quantitative estimate of drug-likeness (QED) is 0.420. The first-order valence-corrected chi connectivity index (χ1v) is 9.69. The van der Waals surface area contributed by atoms with Crippen LogP contribution >= 0.6 is 0 Å². The summed E-state index contributed by atoms with van der Waals surface area (Å²) in [6, 6.07) is 29.2. The number of esters is 2. The summed E-state index contributed by atoms with van der Waals surface area (Å²) < 4.78 is 9.92. The molecule has 0 heterocycles. The lowest BCUT2D eigenvalue weighted by molar-refractivity contribution is -0.159. The Morgan fingerprint density at radius 1 is 0.667 bits per heavy atom. The van der Waals surface area contributed by atoms with Crippen LogP contribution in [-0.2, 0) is 19.1 Å². The van der Waals surface area contributed by atoms with Gasteiger partial charge < -0.3 is 9.47 Å². The summed E-state index contributed by atoms with van der Waals surface area (Å²) in [4.78, 5) is 25.3. The molecule has 0 N–H and O–H groups in total. The second-order valence-electron chi connectivity index (χ2n) is 6.77. The van der Waals surface area contributed by atoms with Crippen molar-refractivity contribution < 1.29 is 19.1 Å². The molecule has 0 aliphatic heterocycles. The molecule has 1 unspecified atom stereocenters. The molecule has 0 fully saturated rings. The van der Waals surface area contributed by atoms with E-state index in [1.807, 2.05) is 97.1 Å². The topological polar surface area (TPSA) is 52.6 Å². The zero-order valence-corrected chi connectivity index (χ0v) is 17.0. The number of benzene rings is 3. The van der Waals surface area contributed by atoms with Gasteiger partial charge in [-0.15, -0.1) is 0 Å². The summed E-state index contributed by atoms with van der Waals surface area (Å²) in [6.45, 7) is 0. The van der Waals surface area contributed by atoms with Crippen LogP contribution in [0, 0.1) is 5.92 Å². The van der Waals surface area contributed by atoms with Crippen LogP contribution in [0.2, 0.25) is 0 Å². The van der Waals surface area contributed by atoms with E-state index >= 15 is 0 Å². The number of carbonyl (C=O) groups is 2. The van der Waals surface area contributed by atoms with Crippen LogP contribution in [0.4, 0.5) is 0 Å². The maximum absolute atomic E-state index is 12.6. The summed E-state index contributed by atoms with van der Waals surface area (Å²) in [5.41, 5.74) is 3.71. The number of methoxy groups -OCH3 is 2. The van der Waals surface area contributed by atoms with E-state index in [-0.39, 0.29) is 0 Å². The number of carbonyl (C=O) groups excluding carboxylic acids is 2. The molecule has 4 heteroatoms. The molecule has 3 aromatic carbocycles. The van der Waals surface area contributed by atoms with Crippen molar-refractivity contribution in [2.45, 2.75) is 5.92 Å². The minimum Gasteiger partial charge on any atom is -0.468 e. The summed E-state index contributed by atoms with van der Waals surface area (Å²) in [5.74, 6) is -2.95. The lowest BCUT2D eigenvalue weighted by Crippen LogP contribution is -2.31. The van der Waals surface area contributed by atoms with Gasteiger partial charge in [0.05, 0.1) is 14.2 Å². The van der Waals surface area contributed by atoms with Gasteiger partial charge in [-0.2, -0.15) is 0 Å². The van der Waals surface area contributed by atoms with E-state index < -0.39 is 23.8 Å². The minimum atomic E-state index is -1.12. The van der Waals surface area contributed by atoms with Crippen molar-refractivity contribution in [3.05, 3.63) is 114 Å². The summed E-state index contributed by atoms with van der Waals surface area (Å²) in [5, 5.41) is 0. The lowest BCUT2D eigenvalue weighted by atomic mass is 9.82. The summed E-state index contributed by atoms with van der Waals surface area (Å²) in [7, 11) is 2.55. The third-order valence-corrected chi connectivity index (χ3v) is 4.97. The van der Waals surface area contributed by atoms with Gasteiger partial charge in [0.25, 0.3) is 0 Å². The van der Waals surface area contributed by atoms with Crippen LogP contribution in [-0.4, -0.2) is 26.2 Å². The molecule has 0 radical (unpaired) electrons. The molecule has 0 aliphatic carbocycles. The first kappa shape index (κ1) is 21.1. The fourth-order valence-electron chi connectivity index (χ4n) is 3.48. The Bertz CT molecular complexity index is 937. The molecule has 0 spiro atoms. The fourth-order valence-corrected chi connectivity index (χ4v) is 3.48. The standard InChI is InChI=1S/C26H24O4/c1-29-25(27)24(26(28)30-2)23(21-16-10-5-11-17-21)18-22(19-12-6-3-7-13-19)20-14-8-4-9-15-20/h3-18,23-24H,1-2H3. The summed E-state index contributed by atoms with van der Waals surface area (Å²) >= 11 is 0. The second kappa shape index (κ2) is 10.2. The highest BCUT2D eigenvalue weighted by Crippen LogP contribution is 2.34. The van der Waals surface area contributed by atoms with E-state index in [1.165, 1.54) is 14.2 Å². The SMILES string of the molecule is COC(=O)C(C(=O)OC)C(C=C(c1ccccc1)c1ccccc1)c1ccccc1. The number of hydrogen-bond donors (Lipinski definition) is 0. The highest BCUT2D eigenvalue weighted by atomic mass is 16.5. The van der Waals surface area contributed by atoms with Gasteiger partial charge in [0.15, 0.2) is 5.92 Å². The van der Waals surface area contributed by atoms with Crippen LogP contribution in [0.25, 0.3) is 5.57 Å². The van der Waals surface area contributed by atoms with Gasteiger partial charge in [0.2, 0.25) is 0 Å². The monoisotopic (exact) mass is 400 g/mol. The second-order valence-corrected chi connectivity index (χ2v) is 6.77. The Kier molecular flexibility index (Phi) is 7.17. The van der Waals surface area contributed by atoms with Crippen molar-refractivity contribution in [2.24, 2.45) is 5.92 Å². The van der Waals surface area contributed by atoms with Crippen molar-refractivity contribution in [3.8, 4) is 0 Å². The summed E-state index contributed by atoms with van der Waals surface area (Å²) in [6.07, 6.45) is 1.96. The van der Waals surface area contributed by atoms with E-state index in [4.69, 9.17) is 9.47 Å². The van der Waals surface area contributed by atoms with Crippen LogP contribution < -0.4 is 0 Å². The van der Waals surface area contributed by atoms with Crippen molar-refractivity contribution in [1.29, 1.82) is 0 Å². The predicted octanol–water partition coefficient (Wildman–Crippen LogP) is 4.86. The molecule has 3 aromatic rings. The van der Waals surface area contributed by atoms with E-state index in [0.29, 0.717) is 0 Å². The molecule has 0 amide bonds. The van der Waals surface area contributed by atoms with Crippen molar-refractivity contribution in [1.82, 2.24) is 0 Å². The number of allylic oxidation sites excluding steroid dienone is 1. The number of hydrogen-bond acceptors (Lipinski definition) is 4. The minimum absolute atomic E-state index is 0.568. The van der Waals surface area contributed by atoms with Crippen molar-refractivity contribution >= 4 is 17.5 Å². The van der Waals surface area contributed by atoms with Crippen molar-refractivity contribution in [3.63, 3.8) is 0 Å². The van der Waals surface area contributed by atoms with E-state index in [1.54, 1.807) is 0 Å². The fraction of sp³-hybridized carbons (Fsp3) is 0.154. The molecule has 3 rings (SSSR count). The average Bonchev–Trinajstić information content (AvgIpc) is 2.82. The van der Waals surface area contributed by atoms with Crippen LogP contribution in [0.5, 0.6) is 0 Å². The zero-order chi connectivity index (χ0) is 21.3. The van der Waals surface area contributed by atoms with Gasteiger partial charge in [-0.3, -0.25) is 9.59 Å². The van der Waals surface area contributed by atoms with Crippen LogP contribution in [0.3, 0.4) is 0 Å². The Morgan fingerprint density at radius 3 is 1.47 bits per heavy atom. The third-order valence-electron chi connectivity index (χ3n) is 4.97. The van der Waals surface area contributed by atoms with Gasteiger partial charge in [-0.05, 0) is 22.3 Å². The Labute approximate surface area is 176 Å². The smallest absolute Gasteiger partial charge is 0.321 e. The lowest BCUT2D eigenvalue weighted by Gasteiger charge is -2.23. The number of ether oxygens (including phenoxy) is 2. The molecule has 30 heavy (non-hydrogen) atoms. The molecule has 0 bridgehead atoms. The third kappa shape index (κ3) is 4.84. The molecule has 152 valence electrons. The Balaban J connectivity index is 2.23. The molecule has 0 aromatic heterocycles. The molecule has 0 saturated carbocycles. The van der Waals surface area contributed by atoms with E-state index in [2.05, 4.69) is 0 Å². The van der Waals surface area contributed by atoms with Gasteiger partial charge in [-0.1, -0.05) is 97.1 Å². The highest BCUT2D eigenvalue weighted by Gasteiger charge is 2.37. The van der Waals surface area contributed by atoms with Crippen LogP contribution in [0.15, 0.2) is 97.1 Å². The van der Waals surface area contributed by atoms with E-state index in [9.17, 15) is 9.59 Å². The molecular formula is C26H24O4. The zero-order valence-electron chi connectivity index (χ0n) is 17.0. The largest absolute Gasteiger partial charge is 0.468 e. The Morgan fingerprint density at radius 2 is 1.07 bits per heavy atom. The van der Waals surface area contributed by atoms with Gasteiger partial charge in [0.1, 0.15) is 0 Å². The molecular weight excluding hydrogens is 376 g/mol. The maximum Gasteiger partial charge on any atom is 0.321 e. The molecule has 0 aliphatic rings. The highest BCUT2D eigenvalue weighted by molar-refractivity contribution is 5.97. The normalized spacial score (nSPS) is 11.4. The van der Waals surface area contributed by atoms with Gasteiger partial charge in [-0.25, -0.2) is 0 Å². The average molecular weight is 400 g/mol. The van der Waals surface area contributed by atoms with Crippen molar-refractivity contribution in [2.75, 3.05) is 14.2 Å². The Hall–Kier alpha value is -3.66. The predicted molar refractivity (Wildman–Crippen MR) is 117 cm³/mol. The van der Waals surface area contributed by atoms with E-state index in [0.717, 1.165) is 22.3 Å². The molecule has 4 nitrogen and oxygen atoms in total. The first-order valence-electron chi connectivity index (χ1n) is 9.69. The van der Waals surface area contributed by atoms with Gasteiger partial charge in [0, 0.05) is 5.92 Å². The molecule has 0 saturated heterocycles. The van der Waals surface area contributed by atoms with Gasteiger partial charge >= 0.3 is 11.9 Å². The first-order chi connectivity index (χ1) is 14.7. The van der Waals surface area contributed by atoms with Crippen LogP contribution in [0.1, 0.15) is 22.6 Å². The maximum atomic E-state index is 12.6. The number of rotatable bonds is 7.